The lowest BCUT2D eigenvalue weighted by molar-refractivity contribution is -0.128. The van der Waals surface area contributed by atoms with Crippen molar-refractivity contribution in [3.8, 4) is 5.75 Å². The second kappa shape index (κ2) is 6.92. The molecule has 116 valence electrons. The average molecular weight is 307 g/mol. The van der Waals surface area contributed by atoms with Gasteiger partial charge in [-0.1, -0.05) is 30.3 Å². The van der Waals surface area contributed by atoms with Crippen LogP contribution in [-0.2, 0) is 9.59 Å². The minimum Gasteiger partial charge on any atom is -0.423 e. The van der Waals surface area contributed by atoms with E-state index in [1.165, 1.54) is 6.08 Å². The van der Waals surface area contributed by atoms with Crippen molar-refractivity contribution in [2.75, 3.05) is 11.4 Å². The van der Waals surface area contributed by atoms with Crippen molar-refractivity contribution in [1.82, 2.24) is 0 Å². The van der Waals surface area contributed by atoms with Crippen LogP contribution >= 0.6 is 0 Å². The van der Waals surface area contributed by atoms with Crippen LogP contribution in [0.4, 0.5) is 5.69 Å². The molecule has 0 atom stereocenters. The highest BCUT2D eigenvalue weighted by Crippen LogP contribution is 2.24. The standard InChI is InChI=1S/C19H17NO3/c21-18-7-4-14-20(18)16-9-11-17(12-10-16)23-19(22)13-8-15-5-2-1-3-6-15/h1-3,5-6,8-13H,4,7,14H2/b13-8+. The van der Waals surface area contributed by atoms with Gasteiger partial charge in [0.1, 0.15) is 5.75 Å². The zero-order valence-corrected chi connectivity index (χ0v) is 12.6. The number of benzene rings is 2. The molecular weight excluding hydrogens is 290 g/mol. The van der Waals surface area contributed by atoms with Crippen molar-refractivity contribution in [2.45, 2.75) is 12.8 Å². The van der Waals surface area contributed by atoms with Gasteiger partial charge in [-0.2, -0.15) is 0 Å². The van der Waals surface area contributed by atoms with Crippen molar-refractivity contribution >= 4 is 23.6 Å². The number of nitrogens with zero attached hydrogens (tertiary/aromatic N) is 1. The zero-order chi connectivity index (χ0) is 16.1. The number of esters is 1. The topological polar surface area (TPSA) is 46.6 Å². The second-order valence-corrected chi connectivity index (χ2v) is 5.31. The predicted octanol–water partition coefficient (Wildman–Crippen LogP) is 3.43. The molecule has 1 saturated heterocycles. The number of ether oxygens (including phenoxy) is 1. The number of carbonyl (C=O) groups excluding carboxylic acids is 2. The Bertz CT molecular complexity index is 720. The van der Waals surface area contributed by atoms with E-state index in [0.29, 0.717) is 12.2 Å². The van der Waals surface area contributed by atoms with Gasteiger partial charge < -0.3 is 9.64 Å². The van der Waals surface area contributed by atoms with Crippen molar-refractivity contribution in [3.63, 3.8) is 0 Å². The normalized spacial score (nSPS) is 14.4. The summed E-state index contributed by atoms with van der Waals surface area (Å²) in [5.41, 5.74) is 1.78. The van der Waals surface area contributed by atoms with Crippen LogP contribution < -0.4 is 9.64 Å². The first kappa shape index (κ1) is 15.0. The molecule has 1 fully saturated rings. The summed E-state index contributed by atoms with van der Waals surface area (Å²) in [5.74, 6) is 0.169. The maximum Gasteiger partial charge on any atom is 0.336 e. The number of anilines is 1. The van der Waals surface area contributed by atoms with Gasteiger partial charge in [0.05, 0.1) is 0 Å². The molecule has 2 aromatic carbocycles. The fraction of sp³-hybridized carbons (Fsp3) is 0.158. The summed E-state index contributed by atoms with van der Waals surface area (Å²) < 4.78 is 5.25. The predicted molar refractivity (Wildman–Crippen MR) is 89.1 cm³/mol. The van der Waals surface area contributed by atoms with Crippen molar-refractivity contribution in [1.29, 1.82) is 0 Å². The molecule has 2 aromatic rings. The van der Waals surface area contributed by atoms with Crippen LogP contribution in [0.1, 0.15) is 18.4 Å². The highest BCUT2D eigenvalue weighted by molar-refractivity contribution is 5.95. The van der Waals surface area contributed by atoms with Crippen LogP contribution in [0.25, 0.3) is 6.08 Å². The number of amides is 1. The fourth-order valence-electron chi connectivity index (χ4n) is 2.49. The molecule has 1 aliphatic heterocycles. The highest BCUT2D eigenvalue weighted by Gasteiger charge is 2.21. The Morgan fingerprint density at radius 3 is 2.43 bits per heavy atom. The molecule has 0 bridgehead atoms. The summed E-state index contributed by atoms with van der Waals surface area (Å²) in [6, 6.07) is 16.6. The van der Waals surface area contributed by atoms with Crippen LogP contribution in [-0.4, -0.2) is 18.4 Å². The molecule has 1 amide bonds. The Morgan fingerprint density at radius 2 is 1.78 bits per heavy atom. The van der Waals surface area contributed by atoms with Crippen LogP contribution in [0.2, 0.25) is 0 Å². The SMILES string of the molecule is O=C(/C=C/c1ccccc1)Oc1ccc(N2CCCC2=O)cc1. The Balaban J connectivity index is 1.61. The first-order valence-corrected chi connectivity index (χ1v) is 7.58. The maximum atomic E-state index is 11.8. The monoisotopic (exact) mass is 307 g/mol. The highest BCUT2D eigenvalue weighted by atomic mass is 16.5. The fourth-order valence-corrected chi connectivity index (χ4v) is 2.49. The van der Waals surface area contributed by atoms with Gasteiger partial charge in [-0.3, -0.25) is 4.79 Å². The molecule has 0 N–H and O–H groups in total. The van der Waals surface area contributed by atoms with Gasteiger partial charge in [0.15, 0.2) is 0 Å². The van der Waals surface area contributed by atoms with E-state index in [4.69, 9.17) is 4.74 Å². The van der Waals surface area contributed by atoms with E-state index in [0.717, 1.165) is 24.2 Å². The molecule has 0 saturated carbocycles. The van der Waals surface area contributed by atoms with Crippen LogP contribution in [0, 0.1) is 0 Å². The summed E-state index contributed by atoms with van der Waals surface area (Å²) in [7, 11) is 0. The summed E-state index contributed by atoms with van der Waals surface area (Å²) >= 11 is 0. The van der Waals surface area contributed by atoms with Gasteiger partial charge in [-0.25, -0.2) is 4.79 Å². The largest absolute Gasteiger partial charge is 0.423 e. The minimum atomic E-state index is -0.432. The molecule has 3 rings (SSSR count). The molecule has 1 aliphatic rings. The maximum absolute atomic E-state index is 11.8. The third-order valence-corrected chi connectivity index (χ3v) is 3.65. The van der Waals surface area contributed by atoms with E-state index in [1.807, 2.05) is 30.3 Å². The van der Waals surface area contributed by atoms with Gasteiger partial charge in [0.2, 0.25) is 5.91 Å². The Kier molecular flexibility index (Phi) is 4.52. The lowest BCUT2D eigenvalue weighted by atomic mass is 10.2. The zero-order valence-electron chi connectivity index (χ0n) is 12.6. The molecule has 4 nitrogen and oxygen atoms in total. The average Bonchev–Trinajstić information content (AvgIpc) is 3.01. The first-order chi connectivity index (χ1) is 11.2. The van der Waals surface area contributed by atoms with Gasteiger partial charge in [0.25, 0.3) is 0 Å². The molecule has 23 heavy (non-hydrogen) atoms. The third kappa shape index (κ3) is 3.86. The number of hydrogen-bond donors (Lipinski definition) is 0. The first-order valence-electron chi connectivity index (χ1n) is 7.58. The molecule has 0 unspecified atom stereocenters. The molecular formula is C19H17NO3. The van der Waals surface area contributed by atoms with Gasteiger partial charge in [0, 0.05) is 24.7 Å². The van der Waals surface area contributed by atoms with Crippen molar-refractivity contribution < 1.29 is 14.3 Å². The van der Waals surface area contributed by atoms with Crippen molar-refractivity contribution in [3.05, 3.63) is 66.2 Å². The number of carbonyl (C=O) groups is 2. The van der Waals surface area contributed by atoms with Crippen LogP contribution in [0.3, 0.4) is 0 Å². The molecule has 0 spiro atoms. The van der Waals surface area contributed by atoms with Gasteiger partial charge >= 0.3 is 5.97 Å². The van der Waals surface area contributed by atoms with E-state index >= 15 is 0 Å². The summed E-state index contributed by atoms with van der Waals surface area (Å²) in [6.45, 7) is 0.748. The quantitative estimate of drug-likeness (QED) is 0.494. The second-order valence-electron chi connectivity index (χ2n) is 5.31. The third-order valence-electron chi connectivity index (χ3n) is 3.65. The molecule has 0 radical (unpaired) electrons. The van der Waals surface area contributed by atoms with Crippen LogP contribution in [0.15, 0.2) is 60.7 Å². The number of hydrogen-bond acceptors (Lipinski definition) is 3. The van der Waals surface area contributed by atoms with Gasteiger partial charge in [-0.05, 0) is 42.3 Å². The van der Waals surface area contributed by atoms with E-state index in [-0.39, 0.29) is 5.91 Å². The summed E-state index contributed by atoms with van der Waals surface area (Å²) in [5, 5.41) is 0. The number of rotatable bonds is 4. The Morgan fingerprint density at radius 1 is 1.04 bits per heavy atom. The van der Waals surface area contributed by atoms with Crippen LogP contribution in [0.5, 0.6) is 5.75 Å². The van der Waals surface area contributed by atoms with E-state index < -0.39 is 5.97 Å². The Labute approximate surface area is 135 Å². The van der Waals surface area contributed by atoms with E-state index in [9.17, 15) is 9.59 Å². The molecule has 0 aliphatic carbocycles. The van der Waals surface area contributed by atoms with Gasteiger partial charge in [-0.15, -0.1) is 0 Å². The molecule has 1 heterocycles. The van der Waals surface area contributed by atoms with E-state index in [2.05, 4.69) is 0 Å². The minimum absolute atomic E-state index is 0.139. The summed E-state index contributed by atoms with van der Waals surface area (Å²) in [6.07, 6.45) is 4.59. The molecule has 0 aromatic heterocycles. The molecule has 4 heteroatoms. The Hall–Kier alpha value is -2.88. The smallest absolute Gasteiger partial charge is 0.336 e. The lowest BCUT2D eigenvalue weighted by Crippen LogP contribution is -2.23. The van der Waals surface area contributed by atoms with Crippen molar-refractivity contribution in [2.24, 2.45) is 0 Å². The summed E-state index contributed by atoms with van der Waals surface area (Å²) in [4.78, 5) is 25.2. The lowest BCUT2D eigenvalue weighted by Gasteiger charge is -2.15. The van der Waals surface area contributed by atoms with E-state index in [1.54, 1.807) is 35.2 Å².